The molecule has 1 saturated heterocycles. The van der Waals surface area contributed by atoms with Gasteiger partial charge in [-0.05, 0) is 43.4 Å². The molecular weight excluding hydrogens is 314 g/mol. The van der Waals surface area contributed by atoms with Crippen molar-refractivity contribution in [2.75, 3.05) is 20.8 Å². The van der Waals surface area contributed by atoms with E-state index in [1.54, 1.807) is 14.2 Å². The molecule has 4 nitrogen and oxygen atoms in total. The maximum absolute atomic E-state index is 12.9. The molecule has 0 bridgehead atoms. The molecule has 0 unspecified atom stereocenters. The highest BCUT2D eigenvalue weighted by molar-refractivity contribution is 5.77. The molecule has 1 aliphatic carbocycles. The van der Waals surface area contributed by atoms with E-state index >= 15 is 0 Å². The fourth-order valence-corrected chi connectivity index (χ4v) is 4.44. The Morgan fingerprint density at radius 2 is 1.88 bits per heavy atom. The highest BCUT2D eigenvalue weighted by atomic mass is 16.5. The lowest BCUT2D eigenvalue weighted by molar-refractivity contribution is -0.132. The average Bonchev–Trinajstić information content (AvgIpc) is 3.16. The molecule has 25 heavy (non-hydrogen) atoms. The molecule has 1 aromatic rings. The van der Waals surface area contributed by atoms with Crippen LogP contribution in [0.4, 0.5) is 0 Å². The van der Waals surface area contributed by atoms with E-state index in [4.69, 9.17) is 9.47 Å². The number of methoxy groups -OCH3 is 2. The van der Waals surface area contributed by atoms with E-state index in [0.29, 0.717) is 12.3 Å². The number of ether oxygens (including phenoxy) is 2. The van der Waals surface area contributed by atoms with Crippen molar-refractivity contribution < 1.29 is 14.3 Å². The topological polar surface area (TPSA) is 38.8 Å². The Kier molecular flexibility index (Phi) is 6.22. The summed E-state index contributed by atoms with van der Waals surface area (Å²) >= 11 is 0. The van der Waals surface area contributed by atoms with E-state index in [-0.39, 0.29) is 6.04 Å². The summed E-state index contributed by atoms with van der Waals surface area (Å²) in [6, 6.07) is 5.99. The second-order valence-electron chi connectivity index (χ2n) is 7.40. The van der Waals surface area contributed by atoms with E-state index in [0.717, 1.165) is 48.8 Å². The Labute approximate surface area is 151 Å². The Bertz CT molecular complexity index is 581. The third-order valence-electron chi connectivity index (χ3n) is 5.86. The molecule has 0 N–H and O–H groups in total. The van der Waals surface area contributed by atoms with Gasteiger partial charge in [-0.25, -0.2) is 0 Å². The Balaban J connectivity index is 1.68. The van der Waals surface area contributed by atoms with Crippen LogP contribution < -0.4 is 9.47 Å². The van der Waals surface area contributed by atoms with E-state index in [1.807, 2.05) is 18.2 Å². The zero-order valence-corrected chi connectivity index (χ0v) is 15.6. The van der Waals surface area contributed by atoms with Gasteiger partial charge in [0.2, 0.25) is 5.91 Å². The molecule has 1 saturated carbocycles. The van der Waals surface area contributed by atoms with Gasteiger partial charge >= 0.3 is 0 Å². The number of hydrogen-bond acceptors (Lipinski definition) is 3. The molecule has 138 valence electrons. The van der Waals surface area contributed by atoms with Crippen LogP contribution in [0.5, 0.6) is 11.5 Å². The van der Waals surface area contributed by atoms with E-state index < -0.39 is 0 Å². The number of amides is 1. The predicted octanol–water partition coefficient (Wildman–Crippen LogP) is 4.73. The highest BCUT2D eigenvalue weighted by Gasteiger charge is 2.32. The highest BCUT2D eigenvalue weighted by Crippen LogP contribution is 2.39. The summed E-state index contributed by atoms with van der Waals surface area (Å²) in [5.41, 5.74) is 1.07. The number of hydrogen-bond donors (Lipinski definition) is 0. The number of carbonyl (C=O) groups excluding carboxylic acids is 1. The molecule has 4 heteroatoms. The monoisotopic (exact) mass is 345 g/mol. The van der Waals surface area contributed by atoms with Crippen molar-refractivity contribution in [3.8, 4) is 11.5 Å². The third-order valence-corrected chi connectivity index (χ3v) is 5.86. The first-order chi connectivity index (χ1) is 12.2. The Hall–Kier alpha value is -1.71. The molecule has 0 spiro atoms. The SMILES string of the molecule is COc1ccc(OC)c([C@H]2CCCN2C(=O)CCC2CCCCC2)c1. The average molecular weight is 345 g/mol. The standard InChI is InChI=1S/C21H31NO3/c1-24-17-11-12-20(25-2)18(15-17)19-9-6-14-22(19)21(23)13-10-16-7-4-3-5-8-16/h11-12,15-16,19H,3-10,13-14H2,1-2H3/t19-/m1/s1. The van der Waals surface area contributed by atoms with Gasteiger partial charge in [0.1, 0.15) is 11.5 Å². The Morgan fingerprint density at radius 3 is 2.60 bits per heavy atom. The maximum atomic E-state index is 12.9. The summed E-state index contributed by atoms with van der Waals surface area (Å²) < 4.78 is 10.9. The van der Waals surface area contributed by atoms with Gasteiger partial charge < -0.3 is 14.4 Å². The first-order valence-electron chi connectivity index (χ1n) is 9.74. The number of likely N-dealkylation sites (tertiary alicyclic amines) is 1. The first-order valence-corrected chi connectivity index (χ1v) is 9.74. The summed E-state index contributed by atoms with van der Waals surface area (Å²) in [6.45, 7) is 0.856. The van der Waals surface area contributed by atoms with Crippen molar-refractivity contribution in [2.45, 2.75) is 63.8 Å². The van der Waals surface area contributed by atoms with Crippen molar-refractivity contribution in [3.05, 3.63) is 23.8 Å². The van der Waals surface area contributed by atoms with Crippen LogP contribution in [-0.4, -0.2) is 31.6 Å². The fraction of sp³-hybridized carbons (Fsp3) is 0.667. The Morgan fingerprint density at radius 1 is 1.08 bits per heavy atom. The van der Waals surface area contributed by atoms with Crippen LogP contribution in [0.1, 0.15) is 69.4 Å². The molecular formula is C21H31NO3. The second kappa shape index (κ2) is 8.59. The van der Waals surface area contributed by atoms with Crippen LogP contribution >= 0.6 is 0 Å². The molecule has 2 fully saturated rings. The van der Waals surface area contributed by atoms with Gasteiger partial charge in [0.15, 0.2) is 0 Å². The van der Waals surface area contributed by atoms with Gasteiger partial charge in [0.05, 0.1) is 20.3 Å². The zero-order valence-electron chi connectivity index (χ0n) is 15.6. The number of benzene rings is 1. The molecule has 1 amide bonds. The van der Waals surface area contributed by atoms with Gasteiger partial charge in [-0.1, -0.05) is 32.1 Å². The van der Waals surface area contributed by atoms with Crippen molar-refractivity contribution in [1.82, 2.24) is 4.90 Å². The van der Waals surface area contributed by atoms with E-state index in [2.05, 4.69) is 4.90 Å². The van der Waals surface area contributed by atoms with Gasteiger partial charge in [0.25, 0.3) is 0 Å². The van der Waals surface area contributed by atoms with E-state index in [1.165, 1.54) is 32.1 Å². The molecule has 1 heterocycles. The number of carbonyl (C=O) groups is 1. The molecule has 3 rings (SSSR count). The summed E-state index contributed by atoms with van der Waals surface area (Å²) in [5.74, 6) is 2.72. The number of rotatable bonds is 6. The third kappa shape index (κ3) is 4.28. The lowest BCUT2D eigenvalue weighted by Crippen LogP contribution is -2.31. The molecule has 1 aliphatic heterocycles. The molecule has 0 aromatic heterocycles. The summed E-state index contributed by atoms with van der Waals surface area (Å²) in [5, 5.41) is 0. The van der Waals surface area contributed by atoms with Crippen molar-refractivity contribution in [2.24, 2.45) is 5.92 Å². The summed E-state index contributed by atoms with van der Waals surface area (Å²) in [4.78, 5) is 14.9. The maximum Gasteiger partial charge on any atom is 0.223 e. The normalized spacial score (nSPS) is 21.4. The number of nitrogens with zero attached hydrogens (tertiary/aromatic N) is 1. The minimum Gasteiger partial charge on any atom is -0.497 e. The molecule has 1 aromatic carbocycles. The van der Waals surface area contributed by atoms with E-state index in [9.17, 15) is 4.79 Å². The summed E-state index contributed by atoms with van der Waals surface area (Å²) in [6.07, 6.45) is 10.5. The second-order valence-corrected chi connectivity index (χ2v) is 7.40. The van der Waals surface area contributed by atoms with Gasteiger partial charge in [-0.15, -0.1) is 0 Å². The van der Waals surface area contributed by atoms with Gasteiger partial charge in [-0.3, -0.25) is 4.79 Å². The molecule has 1 atom stereocenters. The van der Waals surface area contributed by atoms with Crippen molar-refractivity contribution in [3.63, 3.8) is 0 Å². The lowest BCUT2D eigenvalue weighted by atomic mass is 9.86. The minimum absolute atomic E-state index is 0.115. The van der Waals surface area contributed by atoms with Crippen LogP contribution in [0.3, 0.4) is 0 Å². The minimum atomic E-state index is 0.115. The first kappa shape index (κ1) is 18.1. The lowest BCUT2D eigenvalue weighted by Gasteiger charge is -2.28. The summed E-state index contributed by atoms with van der Waals surface area (Å²) in [7, 11) is 3.36. The van der Waals surface area contributed by atoms with Crippen LogP contribution in [0, 0.1) is 5.92 Å². The largest absolute Gasteiger partial charge is 0.497 e. The predicted molar refractivity (Wildman–Crippen MR) is 99.0 cm³/mol. The van der Waals surface area contributed by atoms with Crippen LogP contribution in [0.15, 0.2) is 18.2 Å². The van der Waals surface area contributed by atoms with Crippen LogP contribution in [0.25, 0.3) is 0 Å². The fourth-order valence-electron chi connectivity index (χ4n) is 4.44. The molecule has 0 radical (unpaired) electrons. The van der Waals surface area contributed by atoms with Crippen LogP contribution in [-0.2, 0) is 4.79 Å². The van der Waals surface area contributed by atoms with Crippen LogP contribution in [0.2, 0.25) is 0 Å². The van der Waals surface area contributed by atoms with Gasteiger partial charge in [-0.2, -0.15) is 0 Å². The molecule has 2 aliphatic rings. The van der Waals surface area contributed by atoms with Crippen molar-refractivity contribution >= 4 is 5.91 Å². The zero-order chi connectivity index (χ0) is 17.6. The quantitative estimate of drug-likeness (QED) is 0.748. The van der Waals surface area contributed by atoms with Crippen molar-refractivity contribution in [1.29, 1.82) is 0 Å². The smallest absolute Gasteiger partial charge is 0.223 e. The van der Waals surface area contributed by atoms with Gasteiger partial charge in [0, 0.05) is 18.5 Å².